The predicted molar refractivity (Wildman–Crippen MR) is 113 cm³/mol. The van der Waals surface area contributed by atoms with Crippen LogP contribution in [0.5, 0.6) is 11.5 Å². The van der Waals surface area contributed by atoms with Crippen LogP contribution in [0, 0.1) is 0 Å². The van der Waals surface area contributed by atoms with Crippen LogP contribution in [-0.2, 0) is 11.0 Å². The second-order valence-electron chi connectivity index (χ2n) is 7.52. The summed E-state index contributed by atoms with van der Waals surface area (Å²) in [5.41, 5.74) is 6.38. The van der Waals surface area contributed by atoms with Gasteiger partial charge >= 0.3 is 6.18 Å². The number of benzene rings is 3. The zero-order valence-electron chi connectivity index (χ0n) is 16.8. The van der Waals surface area contributed by atoms with E-state index in [4.69, 9.17) is 10.5 Å². The number of halogens is 3. The predicted octanol–water partition coefficient (Wildman–Crippen LogP) is 5.12. The first-order valence-corrected chi connectivity index (χ1v) is 9.86. The second kappa shape index (κ2) is 8.37. The highest BCUT2D eigenvalue weighted by atomic mass is 19.4. The van der Waals surface area contributed by atoms with Crippen molar-refractivity contribution in [3.63, 3.8) is 0 Å². The topological polar surface area (TPSA) is 72.6 Å². The van der Waals surface area contributed by atoms with Crippen molar-refractivity contribution >= 4 is 17.5 Å². The van der Waals surface area contributed by atoms with E-state index in [1.807, 2.05) is 6.07 Å². The molecule has 1 aliphatic rings. The first-order valence-electron chi connectivity index (χ1n) is 9.86. The van der Waals surface area contributed by atoms with Crippen LogP contribution >= 0.6 is 0 Å². The van der Waals surface area contributed by atoms with Gasteiger partial charge in [-0.15, -0.1) is 0 Å². The summed E-state index contributed by atoms with van der Waals surface area (Å²) in [6.07, 6.45) is -4.12. The van der Waals surface area contributed by atoms with E-state index in [0.29, 0.717) is 23.5 Å². The van der Waals surface area contributed by atoms with Gasteiger partial charge in [0.2, 0.25) is 11.8 Å². The lowest BCUT2D eigenvalue weighted by molar-refractivity contribution is -0.137. The molecule has 0 aromatic heterocycles. The zero-order valence-corrected chi connectivity index (χ0v) is 16.8. The van der Waals surface area contributed by atoms with Crippen molar-refractivity contribution in [2.45, 2.75) is 18.5 Å². The number of alkyl halides is 3. The first-order chi connectivity index (χ1) is 15.2. The lowest BCUT2D eigenvalue weighted by Gasteiger charge is -2.18. The number of hydrogen-bond donors (Lipinski definition) is 1. The van der Waals surface area contributed by atoms with E-state index < -0.39 is 17.6 Å². The summed E-state index contributed by atoms with van der Waals surface area (Å²) in [7, 11) is 0. The number of nitrogens with two attached hydrogens (primary N) is 1. The minimum absolute atomic E-state index is 0.0781. The van der Waals surface area contributed by atoms with Gasteiger partial charge in [0.1, 0.15) is 11.5 Å². The highest BCUT2D eigenvalue weighted by Gasteiger charge is 2.32. The molecule has 8 heteroatoms. The molecule has 3 aromatic rings. The van der Waals surface area contributed by atoms with E-state index in [-0.39, 0.29) is 24.0 Å². The largest absolute Gasteiger partial charge is 0.457 e. The van der Waals surface area contributed by atoms with Crippen LogP contribution in [0.2, 0.25) is 0 Å². The maximum atomic E-state index is 12.7. The van der Waals surface area contributed by atoms with Crippen molar-refractivity contribution < 1.29 is 27.5 Å². The lowest BCUT2D eigenvalue weighted by Crippen LogP contribution is -2.24. The lowest BCUT2D eigenvalue weighted by atomic mass is 9.98. The molecule has 0 radical (unpaired) electrons. The van der Waals surface area contributed by atoms with Gasteiger partial charge in [0, 0.05) is 30.1 Å². The number of ether oxygens (including phenoxy) is 1. The van der Waals surface area contributed by atoms with Gasteiger partial charge < -0.3 is 15.4 Å². The Labute approximate surface area is 182 Å². The van der Waals surface area contributed by atoms with Crippen molar-refractivity contribution in [3.8, 4) is 11.5 Å². The van der Waals surface area contributed by atoms with Gasteiger partial charge in [0.25, 0.3) is 0 Å². The van der Waals surface area contributed by atoms with Gasteiger partial charge in [0.15, 0.2) is 0 Å². The van der Waals surface area contributed by atoms with Gasteiger partial charge in [-0.05, 0) is 60.2 Å². The maximum absolute atomic E-state index is 12.7. The summed E-state index contributed by atoms with van der Waals surface area (Å²) in [5.74, 6) is -0.00356. The number of nitrogens with zero attached hydrogens (tertiary/aromatic N) is 1. The highest BCUT2D eigenvalue weighted by molar-refractivity contribution is 5.99. The molecule has 0 bridgehead atoms. The van der Waals surface area contributed by atoms with E-state index in [1.54, 1.807) is 47.4 Å². The summed E-state index contributed by atoms with van der Waals surface area (Å²) in [5, 5.41) is 0. The van der Waals surface area contributed by atoms with Crippen molar-refractivity contribution in [1.82, 2.24) is 0 Å². The molecule has 3 aromatic carbocycles. The van der Waals surface area contributed by atoms with Crippen LogP contribution in [-0.4, -0.2) is 18.4 Å². The molecule has 0 spiro atoms. The smallest absolute Gasteiger partial charge is 0.416 e. The van der Waals surface area contributed by atoms with Crippen LogP contribution in [0.1, 0.15) is 33.8 Å². The van der Waals surface area contributed by atoms with E-state index >= 15 is 0 Å². The Morgan fingerprint density at radius 1 is 0.969 bits per heavy atom. The van der Waals surface area contributed by atoms with Crippen LogP contribution in [0.15, 0.2) is 72.8 Å². The summed E-state index contributed by atoms with van der Waals surface area (Å²) in [4.78, 5) is 25.7. The minimum atomic E-state index is -4.41. The third kappa shape index (κ3) is 4.59. The third-order valence-corrected chi connectivity index (χ3v) is 5.31. The molecule has 1 saturated heterocycles. The Kier molecular flexibility index (Phi) is 5.61. The second-order valence-corrected chi connectivity index (χ2v) is 7.52. The standard InChI is InChI=1S/C24H19F3N2O3/c25-24(26,27)18-7-9-20(10-8-18)32-21-6-2-3-15(12-21)17-13-22(30)29(14-17)19-5-1-4-16(11-19)23(28)31/h1-12,17H,13-14H2,(H2,28,31). The molecule has 1 unspecified atom stereocenters. The van der Waals surface area contributed by atoms with E-state index in [0.717, 1.165) is 17.7 Å². The number of anilines is 1. The Morgan fingerprint density at radius 3 is 2.38 bits per heavy atom. The molecule has 1 aliphatic heterocycles. The van der Waals surface area contributed by atoms with Gasteiger partial charge in [-0.25, -0.2) is 0 Å². The molecule has 0 saturated carbocycles. The number of rotatable bonds is 5. The Bertz CT molecular complexity index is 1160. The number of carbonyl (C=O) groups excluding carboxylic acids is 2. The molecule has 5 nitrogen and oxygen atoms in total. The van der Waals surface area contributed by atoms with Crippen molar-refractivity contribution in [2.24, 2.45) is 5.73 Å². The number of hydrogen-bond acceptors (Lipinski definition) is 3. The van der Waals surface area contributed by atoms with E-state index in [9.17, 15) is 22.8 Å². The molecule has 1 fully saturated rings. The van der Waals surface area contributed by atoms with E-state index in [1.165, 1.54) is 12.1 Å². The minimum Gasteiger partial charge on any atom is -0.457 e. The quantitative estimate of drug-likeness (QED) is 0.599. The van der Waals surface area contributed by atoms with Crippen LogP contribution in [0.3, 0.4) is 0 Å². The Morgan fingerprint density at radius 2 is 1.69 bits per heavy atom. The SMILES string of the molecule is NC(=O)c1cccc(N2CC(c3cccc(Oc4ccc(C(F)(F)F)cc4)c3)CC2=O)c1. The number of carbonyl (C=O) groups is 2. The van der Waals surface area contributed by atoms with Gasteiger partial charge in [-0.2, -0.15) is 13.2 Å². The highest BCUT2D eigenvalue weighted by Crippen LogP contribution is 2.35. The summed E-state index contributed by atoms with van der Waals surface area (Å²) < 4.78 is 43.9. The van der Waals surface area contributed by atoms with Crippen LogP contribution in [0.25, 0.3) is 0 Å². The van der Waals surface area contributed by atoms with Crippen molar-refractivity contribution in [3.05, 3.63) is 89.5 Å². The molecule has 2 amide bonds. The Hall–Kier alpha value is -3.81. The molecule has 32 heavy (non-hydrogen) atoms. The van der Waals surface area contributed by atoms with Crippen LogP contribution in [0.4, 0.5) is 18.9 Å². The fourth-order valence-electron chi connectivity index (χ4n) is 3.69. The fraction of sp³-hybridized carbons (Fsp3) is 0.167. The Balaban J connectivity index is 1.49. The average molecular weight is 440 g/mol. The normalized spacial score (nSPS) is 16.3. The average Bonchev–Trinajstić information content (AvgIpc) is 3.15. The molecule has 1 atom stereocenters. The zero-order chi connectivity index (χ0) is 22.9. The molecule has 0 aliphatic carbocycles. The van der Waals surface area contributed by atoms with E-state index in [2.05, 4.69) is 0 Å². The number of primary amides is 1. The maximum Gasteiger partial charge on any atom is 0.416 e. The molecular weight excluding hydrogens is 421 g/mol. The van der Waals surface area contributed by atoms with Crippen LogP contribution < -0.4 is 15.4 Å². The van der Waals surface area contributed by atoms with Crippen molar-refractivity contribution in [2.75, 3.05) is 11.4 Å². The molecule has 1 heterocycles. The monoisotopic (exact) mass is 440 g/mol. The fourth-order valence-corrected chi connectivity index (χ4v) is 3.69. The molecule has 164 valence electrons. The van der Waals surface area contributed by atoms with Gasteiger partial charge in [-0.3, -0.25) is 9.59 Å². The van der Waals surface area contributed by atoms with Gasteiger partial charge in [-0.1, -0.05) is 18.2 Å². The molecular formula is C24H19F3N2O3. The summed E-state index contributed by atoms with van der Waals surface area (Å²) in [6.45, 7) is 0.421. The van der Waals surface area contributed by atoms with Crippen molar-refractivity contribution in [1.29, 1.82) is 0 Å². The third-order valence-electron chi connectivity index (χ3n) is 5.31. The number of amides is 2. The molecule has 4 rings (SSSR count). The van der Waals surface area contributed by atoms with Gasteiger partial charge in [0.05, 0.1) is 5.56 Å². The first kappa shape index (κ1) is 21.4. The summed E-state index contributed by atoms with van der Waals surface area (Å²) >= 11 is 0. The molecule has 2 N–H and O–H groups in total. The summed E-state index contributed by atoms with van der Waals surface area (Å²) in [6, 6.07) is 18.2.